The lowest BCUT2D eigenvalue weighted by molar-refractivity contribution is 0.0600. The largest absolute Gasteiger partial charge is 0.465 e. The molecule has 5 nitrogen and oxygen atoms in total. The number of hydrogen-bond acceptors (Lipinski definition) is 5. The Kier molecular flexibility index (Phi) is 2.79. The van der Waals surface area contributed by atoms with E-state index in [-0.39, 0.29) is 5.97 Å². The number of pyridine rings is 1. The highest BCUT2D eigenvalue weighted by Gasteiger charge is 2.14. The fourth-order valence-corrected chi connectivity index (χ4v) is 2.79. The fourth-order valence-electron chi connectivity index (χ4n) is 1.89. The molecule has 0 unspecified atom stereocenters. The first-order valence-corrected chi connectivity index (χ1v) is 6.56. The van der Waals surface area contributed by atoms with Crippen molar-refractivity contribution in [3.8, 4) is 10.7 Å². The Balaban J connectivity index is 2.21. The molecule has 0 aliphatic rings. The average molecular weight is 273 g/mol. The van der Waals surface area contributed by atoms with Gasteiger partial charge in [-0.25, -0.2) is 4.79 Å². The van der Waals surface area contributed by atoms with Crippen LogP contribution in [-0.2, 0) is 4.74 Å². The first kappa shape index (κ1) is 11.9. The van der Waals surface area contributed by atoms with Crippen LogP contribution in [0.1, 0.15) is 15.9 Å². The lowest BCUT2D eigenvalue weighted by Gasteiger charge is -2.02. The molecule has 0 radical (unpaired) electrons. The molecule has 0 spiro atoms. The van der Waals surface area contributed by atoms with Crippen LogP contribution in [0.4, 0.5) is 0 Å². The molecular weight excluding hydrogens is 262 g/mol. The van der Waals surface area contributed by atoms with Crippen LogP contribution in [0.25, 0.3) is 16.3 Å². The van der Waals surface area contributed by atoms with Gasteiger partial charge in [-0.2, -0.15) is 0 Å². The maximum absolute atomic E-state index is 11.6. The molecule has 0 bridgehead atoms. The molecular formula is C13H11N3O2S. The summed E-state index contributed by atoms with van der Waals surface area (Å²) in [5.41, 5.74) is 2.32. The summed E-state index contributed by atoms with van der Waals surface area (Å²) >= 11 is 1.60. The molecule has 0 aromatic carbocycles. The standard InChI is InChI=1S/C13H11N3O2S/c1-8-5-6-19-11(8)12-15-14-10-4-3-9(7-16(10)12)13(17)18-2/h3-7H,1-2H3. The van der Waals surface area contributed by atoms with E-state index >= 15 is 0 Å². The molecule has 0 aliphatic carbocycles. The van der Waals surface area contributed by atoms with Crippen molar-refractivity contribution >= 4 is 23.0 Å². The monoisotopic (exact) mass is 273 g/mol. The minimum absolute atomic E-state index is 0.371. The molecule has 3 rings (SSSR count). The molecule has 0 amide bonds. The number of fused-ring (bicyclic) bond motifs is 1. The minimum Gasteiger partial charge on any atom is -0.465 e. The van der Waals surface area contributed by atoms with Gasteiger partial charge < -0.3 is 4.74 Å². The van der Waals surface area contributed by atoms with Crippen LogP contribution in [0, 0.1) is 6.92 Å². The Labute approximate surface area is 113 Å². The second-order valence-corrected chi connectivity index (χ2v) is 5.01. The third-order valence-corrected chi connectivity index (χ3v) is 3.90. The number of aryl methyl sites for hydroxylation is 1. The van der Waals surface area contributed by atoms with Crippen molar-refractivity contribution in [2.45, 2.75) is 6.92 Å². The van der Waals surface area contributed by atoms with Gasteiger partial charge in [0.15, 0.2) is 11.5 Å². The molecule has 0 N–H and O–H groups in total. The van der Waals surface area contributed by atoms with Gasteiger partial charge in [-0.3, -0.25) is 4.40 Å². The number of thiophene rings is 1. The second kappa shape index (κ2) is 4.47. The van der Waals surface area contributed by atoms with Crippen LogP contribution in [0.5, 0.6) is 0 Å². The summed E-state index contributed by atoms with van der Waals surface area (Å²) < 4.78 is 6.54. The van der Waals surface area contributed by atoms with Crippen molar-refractivity contribution in [2.24, 2.45) is 0 Å². The summed E-state index contributed by atoms with van der Waals surface area (Å²) in [5, 5.41) is 10.3. The van der Waals surface area contributed by atoms with Gasteiger partial charge in [0.05, 0.1) is 17.6 Å². The molecule has 19 heavy (non-hydrogen) atoms. The summed E-state index contributed by atoms with van der Waals surface area (Å²) in [4.78, 5) is 12.6. The number of nitrogens with zero attached hydrogens (tertiary/aromatic N) is 3. The van der Waals surface area contributed by atoms with E-state index in [1.165, 1.54) is 7.11 Å². The zero-order chi connectivity index (χ0) is 13.4. The fraction of sp³-hybridized carbons (Fsp3) is 0.154. The van der Waals surface area contributed by atoms with Crippen LogP contribution in [0.3, 0.4) is 0 Å². The topological polar surface area (TPSA) is 56.5 Å². The van der Waals surface area contributed by atoms with Gasteiger partial charge in [-0.15, -0.1) is 21.5 Å². The first-order valence-electron chi connectivity index (χ1n) is 5.68. The van der Waals surface area contributed by atoms with Gasteiger partial charge in [0.1, 0.15) is 0 Å². The Hall–Kier alpha value is -2.21. The zero-order valence-electron chi connectivity index (χ0n) is 10.5. The maximum atomic E-state index is 11.6. The van der Waals surface area contributed by atoms with E-state index in [0.717, 1.165) is 16.3 Å². The molecule has 6 heteroatoms. The predicted octanol–water partition coefficient (Wildman–Crippen LogP) is 2.55. The van der Waals surface area contributed by atoms with Crippen molar-refractivity contribution in [3.63, 3.8) is 0 Å². The highest BCUT2D eigenvalue weighted by molar-refractivity contribution is 7.13. The predicted molar refractivity (Wildman–Crippen MR) is 72.4 cm³/mol. The number of ether oxygens (including phenoxy) is 1. The van der Waals surface area contributed by atoms with Crippen LogP contribution in [0.15, 0.2) is 29.8 Å². The van der Waals surface area contributed by atoms with Gasteiger partial charge >= 0.3 is 5.97 Å². The number of carbonyl (C=O) groups excluding carboxylic acids is 1. The van der Waals surface area contributed by atoms with E-state index < -0.39 is 0 Å². The van der Waals surface area contributed by atoms with E-state index in [1.54, 1.807) is 29.7 Å². The van der Waals surface area contributed by atoms with Crippen molar-refractivity contribution in [2.75, 3.05) is 7.11 Å². The summed E-state index contributed by atoms with van der Waals surface area (Å²) in [5.74, 6) is 0.373. The Morgan fingerprint density at radius 1 is 1.32 bits per heavy atom. The summed E-state index contributed by atoms with van der Waals surface area (Å²) in [6, 6.07) is 5.47. The van der Waals surface area contributed by atoms with E-state index in [1.807, 2.05) is 22.8 Å². The first-order chi connectivity index (χ1) is 9.20. The zero-order valence-corrected chi connectivity index (χ0v) is 11.3. The average Bonchev–Trinajstić information content (AvgIpc) is 3.02. The second-order valence-electron chi connectivity index (χ2n) is 4.09. The van der Waals surface area contributed by atoms with Crippen molar-refractivity contribution in [1.29, 1.82) is 0 Å². The minimum atomic E-state index is -0.371. The van der Waals surface area contributed by atoms with Gasteiger partial charge in [0.2, 0.25) is 0 Å². The van der Waals surface area contributed by atoms with Crippen LogP contribution in [-0.4, -0.2) is 27.7 Å². The lowest BCUT2D eigenvalue weighted by atomic mass is 10.2. The van der Waals surface area contributed by atoms with E-state index in [2.05, 4.69) is 10.2 Å². The molecule has 0 saturated carbocycles. The third-order valence-electron chi connectivity index (χ3n) is 2.89. The Bertz CT molecular complexity index is 760. The number of hydrogen-bond donors (Lipinski definition) is 0. The molecule has 0 atom stereocenters. The third kappa shape index (κ3) is 1.90. The quantitative estimate of drug-likeness (QED) is 0.673. The molecule has 3 aromatic rings. The maximum Gasteiger partial charge on any atom is 0.339 e. The number of carbonyl (C=O) groups is 1. The van der Waals surface area contributed by atoms with Crippen molar-refractivity contribution < 1.29 is 9.53 Å². The van der Waals surface area contributed by atoms with Gasteiger partial charge in [0.25, 0.3) is 0 Å². The summed E-state index contributed by atoms with van der Waals surface area (Å²) in [6.07, 6.45) is 1.70. The van der Waals surface area contributed by atoms with E-state index in [0.29, 0.717) is 11.2 Å². The molecule has 0 saturated heterocycles. The number of esters is 1. The van der Waals surface area contributed by atoms with Gasteiger partial charge in [0, 0.05) is 6.20 Å². The Morgan fingerprint density at radius 3 is 2.84 bits per heavy atom. The van der Waals surface area contributed by atoms with E-state index in [4.69, 9.17) is 4.74 Å². The van der Waals surface area contributed by atoms with Crippen molar-refractivity contribution in [1.82, 2.24) is 14.6 Å². The van der Waals surface area contributed by atoms with Gasteiger partial charge in [-0.05, 0) is 36.1 Å². The Morgan fingerprint density at radius 2 is 2.16 bits per heavy atom. The van der Waals surface area contributed by atoms with Crippen LogP contribution < -0.4 is 0 Å². The summed E-state index contributed by atoms with van der Waals surface area (Å²) in [6.45, 7) is 2.02. The summed E-state index contributed by atoms with van der Waals surface area (Å²) in [7, 11) is 1.36. The number of rotatable bonds is 2. The molecule has 0 fully saturated rings. The molecule has 3 heterocycles. The highest BCUT2D eigenvalue weighted by atomic mass is 32.1. The lowest BCUT2D eigenvalue weighted by Crippen LogP contribution is -2.03. The smallest absolute Gasteiger partial charge is 0.339 e. The van der Waals surface area contributed by atoms with E-state index in [9.17, 15) is 4.79 Å². The molecule has 3 aromatic heterocycles. The molecule has 96 valence electrons. The normalized spacial score (nSPS) is 10.8. The van der Waals surface area contributed by atoms with Crippen molar-refractivity contribution in [3.05, 3.63) is 40.9 Å². The molecule has 0 aliphatic heterocycles. The van der Waals surface area contributed by atoms with Gasteiger partial charge in [-0.1, -0.05) is 0 Å². The number of methoxy groups -OCH3 is 1. The van der Waals surface area contributed by atoms with Crippen LogP contribution >= 0.6 is 11.3 Å². The van der Waals surface area contributed by atoms with Crippen LogP contribution in [0.2, 0.25) is 0 Å². The number of aromatic nitrogens is 3. The SMILES string of the molecule is COC(=O)c1ccc2nnc(-c3sccc3C)n2c1. The highest BCUT2D eigenvalue weighted by Crippen LogP contribution is 2.27.